The number of carbonyl (C=O) groups is 2. The van der Waals surface area contributed by atoms with Crippen LogP contribution >= 0.6 is 0 Å². The van der Waals surface area contributed by atoms with Crippen molar-refractivity contribution in [3.8, 4) is 5.75 Å². The third-order valence-corrected chi connectivity index (χ3v) is 6.90. The number of hydrogen-bond donors (Lipinski definition) is 2. The second kappa shape index (κ2) is 14.5. The summed E-state index contributed by atoms with van der Waals surface area (Å²) < 4.78 is 8.35. The first-order valence-corrected chi connectivity index (χ1v) is 14.1. The topological polar surface area (TPSA) is 88.5 Å². The Bertz CT molecular complexity index is 1210. The summed E-state index contributed by atoms with van der Waals surface area (Å²) in [5, 5.41) is 6.15. The van der Waals surface area contributed by atoms with Crippen LogP contribution in [-0.4, -0.2) is 52.5 Å². The van der Waals surface area contributed by atoms with E-state index < -0.39 is 0 Å². The van der Waals surface area contributed by atoms with Crippen molar-refractivity contribution in [2.75, 3.05) is 26.2 Å². The summed E-state index contributed by atoms with van der Waals surface area (Å²) in [6.07, 6.45) is 7.40. The Hall–Kier alpha value is -3.65. The molecule has 0 bridgehead atoms. The van der Waals surface area contributed by atoms with Crippen LogP contribution in [0.15, 0.2) is 60.9 Å². The molecule has 2 heterocycles. The summed E-state index contributed by atoms with van der Waals surface area (Å²) in [7, 11) is 0. The molecule has 0 unspecified atom stereocenters. The zero-order valence-corrected chi connectivity index (χ0v) is 23.2. The van der Waals surface area contributed by atoms with Crippen molar-refractivity contribution in [2.24, 2.45) is 0 Å². The average molecular weight is 532 g/mol. The van der Waals surface area contributed by atoms with Crippen molar-refractivity contribution in [3.05, 3.63) is 83.4 Å². The highest BCUT2D eigenvalue weighted by Gasteiger charge is 2.21. The number of fused-ring (bicyclic) bond motifs is 1. The molecule has 1 aliphatic rings. The van der Waals surface area contributed by atoms with Crippen molar-refractivity contribution < 1.29 is 14.3 Å². The standard InChI is InChI=1S/C31H41N5O3/c1-24(2)30-33-17-19-36(30)18-10-16-34-31(38)26-13-9-14-28-27(26)22-35(21-25-11-5-3-6-12-25)23-29(37)32-15-7-4-8-20-39-28/h3,5-6,9,11-14,17,19,24H,4,7-8,10,15-16,18,20-23H2,1-2H3,(H,32,37)(H,34,38). The maximum Gasteiger partial charge on any atom is 0.251 e. The molecule has 1 aromatic heterocycles. The lowest BCUT2D eigenvalue weighted by Crippen LogP contribution is -2.37. The summed E-state index contributed by atoms with van der Waals surface area (Å²) in [5.41, 5.74) is 2.51. The molecule has 0 saturated carbocycles. The summed E-state index contributed by atoms with van der Waals surface area (Å²) in [5.74, 6) is 1.99. The van der Waals surface area contributed by atoms with Gasteiger partial charge in [0.05, 0.1) is 13.2 Å². The molecule has 0 saturated heterocycles. The lowest BCUT2D eigenvalue weighted by molar-refractivity contribution is -0.122. The number of ether oxygens (including phenoxy) is 1. The first-order valence-electron chi connectivity index (χ1n) is 14.1. The van der Waals surface area contributed by atoms with E-state index in [1.807, 2.05) is 48.8 Å². The number of carbonyl (C=O) groups excluding carboxylic acids is 2. The van der Waals surface area contributed by atoms with E-state index in [0.29, 0.717) is 50.0 Å². The summed E-state index contributed by atoms with van der Waals surface area (Å²) in [4.78, 5) is 32.7. The third-order valence-electron chi connectivity index (χ3n) is 6.90. The molecule has 2 N–H and O–H groups in total. The first kappa shape index (κ1) is 28.4. The van der Waals surface area contributed by atoms with Gasteiger partial charge in [-0.2, -0.15) is 0 Å². The molecule has 2 amide bonds. The molecular formula is C31H41N5O3. The molecule has 2 aromatic carbocycles. The maximum absolute atomic E-state index is 13.4. The van der Waals surface area contributed by atoms with E-state index in [2.05, 4.69) is 51.1 Å². The van der Waals surface area contributed by atoms with Gasteiger partial charge in [-0.25, -0.2) is 4.98 Å². The van der Waals surface area contributed by atoms with Crippen LogP contribution in [-0.2, 0) is 24.4 Å². The monoisotopic (exact) mass is 531 g/mol. The Morgan fingerprint density at radius 2 is 1.92 bits per heavy atom. The second-order valence-corrected chi connectivity index (χ2v) is 10.4. The molecular weight excluding hydrogens is 490 g/mol. The van der Waals surface area contributed by atoms with Gasteiger partial charge in [-0.05, 0) is 43.4 Å². The molecule has 0 atom stereocenters. The van der Waals surface area contributed by atoms with E-state index >= 15 is 0 Å². The fourth-order valence-corrected chi connectivity index (χ4v) is 4.94. The zero-order chi connectivity index (χ0) is 27.5. The molecule has 8 heteroatoms. The number of nitrogens with one attached hydrogen (secondary N) is 2. The van der Waals surface area contributed by atoms with Crippen LogP contribution in [0.1, 0.15) is 72.8 Å². The van der Waals surface area contributed by atoms with Gasteiger partial charge in [0, 0.05) is 62.2 Å². The summed E-state index contributed by atoms with van der Waals surface area (Å²) in [6, 6.07) is 15.8. The zero-order valence-electron chi connectivity index (χ0n) is 23.2. The number of aromatic nitrogens is 2. The van der Waals surface area contributed by atoms with Gasteiger partial charge in [-0.1, -0.05) is 50.2 Å². The molecule has 0 radical (unpaired) electrons. The van der Waals surface area contributed by atoms with Crippen molar-refractivity contribution in [3.63, 3.8) is 0 Å². The van der Waals surface area contributed by atoms with Gasteiger partial charge in [0.15, 0.2) is 0 Å². The largest absolute Gasteiger partial charge is 0.493 e. The highest BCUT2D eigenvalue weighted by atomic mass is 16.5. The van der Waals surface area contributed by atoms with E-state index in [9.17, 15) is 9.59 Å². The Kier molecular flexibility index (Phi) is 10.5. The van der Waals surface area contributed by atoms with Crippen LogP contribution in [0, 0.1) is 0 Å². The van der Waals surface area contributed by atoms with E-state index in [0.717, 1.165) is 49.2 Å². The number of benzene rings is 2. The van der Waals surface area contributed by atoms with E-state index in [-0.39, 0.29) is 18.4 Å². The van der Waals surface area contributed by atoms with Gasteiger partial charge in [0.1, 0.15) is 11.6 Å². The Balaban J connectivity index is 1.51. The summed E-state index contributed by atoms with van der Waals surface area (Å²) in [6.45, 7) is 8.11. The predicted octanol–water partition coefficient (Wildman–Crippen LogP) is 4.51. The number of nitrogens with zero attached hydrogens (tertiary/aromatic N) is 3. The Morgan fingerprint density at radius 1 is 1.08 bits per heavy atom. The molecule has 208 valence electrons. The van der Waals surface area contributed by atoms with Crippen LogP contribution in [0.25, 0.3) is 0 Å². The fourth-order valence-electron chi connectivity index (χ4n) is 4.94. The van der Waals surface area contributed by atoms with Crippen LogP contribution in [0.5, 0.6) is 5.75 Å². The molecule has 3 aromatic rings. The van der Waals surface area contributed by atoms with Crippen LogP contribution in [0.2, 0.25) is 0 Å². The lowest BCUT2D eigenvalue weighted by Gasteiger charge is -2.25. The Labute approximate surface area is 231 Å². The molecule has 4 rings (SSSR count). The number of amides is 2. The fraction of sp³-hybridized carbons (Fsp3) is 0.452. The Morgan fingerprint density at radius 3 is 2.74 bits per heavy atom. The number of hydrogen-bond acceptors (Lipinski definition) is 5. The van der Waals surface area contributed by atoms with Gasteiger partial charge >= 0.3 is 0 Å². The minimum absolute atomic E-state index is 0.00477. The first-order chi connectivity index (χ1) is 19.0. The lowest BCUT2D eigenvalue weighted by atomic mass is 10.0. The van der Waals surface area contributed by atoms with Crippen LogP contribution < -0.4 is 15.4 Å². The highest BCUT2D eigenvalue weighted by molar-refractivity contribution is 5.96. The van der Waals surface area contributed by atoms with Gasteiger partial charge in [0.2, 0.25) is 5.91 Å². The predicted molar refractivity (Wildman–Crippen MR) is 153 cm³/mol. The van der Waals surface area contributed by atoms with Gasteiger partial charge in [0.25, 0.3) is 5.91 Å². The van der Waals surface area contributed by atoms with Crippen LogP contribution in [0.4, 0.5) is 0 Å². The second-order valence-electron chi connectivity index (χ2n) is 10.4. The third kappa shape index (κ3) is 8.42. The van der Waals surface area contributed by atoms with E-state index in [4.69, 9.17) is 4.74 Å². The average Bonchev–Trinajstić information content (AvgIpc) is 3.40. The molecule has 8 nitrogen and oxygen atoms in total. The number of imidazole rings is 1. The number of aryl methyl sites for hydroxylation is 1. The molecule has 0 fully saturated rings. The van der Waals surface area contributed by atoms with Gasteiger partial charge < -0.3 is 19.9 Å². The van der Waals surface area contributed by atoms with Gasteiger partial charge in [-0.15, -0.1) is 0 Å². The molecule has 0 aliphatic carbocycles. The van der Waals surface area contributed by atoms with Gasteiger partial charge in [-0.3, -0.25) is 14.5 Å². The normalized spacial score (nSPS) is 15.3. The number of rotatable bonds is 8. The molecule has 0 spiro atoms. The van der Waals surface area contributed by atoms with Crippen molar-refractivity contribution in [2.45, 2.75) is 65.1 Å². The minimum atomic E-state index is -0.126. The smallest absolute Gasteiger partial charge is 0.251 e. The highest BCUT2D eigenvalue weighted by Crippen LogP contribution is 2.26. The van der Waals surface area contributed by atoms with E-state index in [1.54, 1.807) is 0 Å². The minimum Gasteiger partial charge on any atom is -0.493 e. The maximum atomic E-state index is 13.4. The van der Waals surface area contributed by atoms with Crippen molar-refractivity contribution >= 4 is 11.8 Å². The molecule has 39 heavy (non-hydrogen) atoms. The SMILES string of the molecule is CC(C)c1nccn1CCCNC(=O)c1cccc2c1CN(Cc1ccccc1)CC(=O)NCCCCCO2. The van der Waals surface area contributed by atoms with E-state index in [1.165, 1.54) is 0 Å². The van der Waals surface area contributed by atoms with Crippen LogP contribution in [0.3, 0.4) is 0 Å². The van der Waals surface area contributed by atoms with Crippen molar-refractivity contribution in [1.29, 1.82) is 0 Å². The quantitative estimate of drug-likeness (QED) is 0.418. The molecule has 1 aliphatic heterocycles. The van der Waals surface area contributed by atoms with Crippen molar-refractivity contribution in [1.82, 2.24) is 25.1 Å². The summed E-state index contributed by atoms with van der Waals surface area (Å²) >= 11 is 0.